The van der Waals surface area contributed by atoms with E-state index in [0.29, 0.717) is 22.8 Å². The molecule has 0 N–H and O–H groups in total. The summed E-state index contributed by atoms with van der Waals surface area (Å²) in [4.78, 5) is 14.7. The van der Waals surface area contributed by atoms with Crippen LogP contribution in [0.2, 0.25) is 0 Å². The second-order valence-electron chi connectivity index (χ2n) is 7.97. The molecule has 0 radical (unpaired) electrons. The standard InChI is InChI=1S/C21H27N3O2S/c1-14-9-15(2)11-18(10-14)20-22-23-21(26-20)27-13-19(25)24-8-7-16-5-3-4-6-17(16)12-24/h9-11,16-17H,3-8,12-13H2,1-2H3/t16-,17+/m1/s1. The van der Waals surface area contributed by atoms with E-state index in [1.807, 2.05) is 17.0 Å². The highest BCUT2D eigenvalue weighted by Gasteiger charge is 2.32. The number of carbonyl (C=O) groups is 1. The summed E-state index contributed by atoms with van der Waals surface area (Å²) in [6, 6.07) is 6.19. The van der Waals surface area contributed by atoms with Crippen molar-refractivity contribution in [3.05, 3.63) is 29.3 Å². The number of rotatable bonds is 4. The van der Waals surface area contributed by atoms with E-state index in [1.54, 1.807) is 0 Å². The molecule has 0 unspecified atom stereocenters. The first-order chi connectivity index (χ1) is 13.1. The largest absolute Gasteiger partial charge is 0.411 e. The molecule has 1 saturated heterocycles. The van der Waals surface area contributed by atoms with E-state index >= 15 is 0 Å². The predicted molar refractivity (Wildman–Crippen MR) is 107 cm³/mol. The van der Waals surface area contributed by atoms with Crippen molar-refractivity contribution in [2.75, 3.05) is 18.8 Å². The van der Waals surface area contributed by atoms with E-state index in [4.69, 9.17) is 4.42 Å². The number of carbonyl (C=O) groups excluding carboxylic acids is 1. The Labute approximate surface area is 164 Å². The zero-order valence-electron chi connectivity index (χ0n) is 16.1. The summed E-state index contributed by atoms with van der Waals surface area (Å²) in [5.74, 6) is 2.62. The molecule has 144 valence electrons. The van der Waals surface area contributed by atoms with Gasteiger partial charge in [0, 0.05) is 18.7 Å². The van der Waals surface area contributed by atoms with Gasteiger partial charge in [-0.2, -0.15) is 0 Å². The second-order valence-corrected chi connectivity index (χ2v) is 8.90. The van der Waals surface area contributed by atoms with Crippen LogP contribution < -0.4 is 0 Å². The van der Waals surface area contributed by atoms with Gasteiger partial charge in [0.05, 0.1) is 5.75 Å². The molecule has 1 amide bonds. The summed E-state index contributed by atoms with van der Waals surface area (Å²) in [5, 5.41) is 8.72. The van der Waals surface area contributed by atoms with Crippen molar-refractivity contribution in [3.63, 3.8) is 0 Å². The molecule has 2 heterocycles. The Bertz CT molecular complexity index is 799. The number of nitrogens with zero attached hydrogens (tertiary/aromatic N) is 3. The van der Waals surface area contributed by atoms with Gasteiger partial charge in [0.15, 0.2) is 0 Å². The third-order valence-electron chi connectivity index (χ3n) is 5.84. The average Bonchev–Trinajstić information content (AvgIpc) is 3.14. The van der Waals surface area contributed by atoms with Crippen LogP contribution in [0.1, 0.15) is 43.2 Å². The average molecular weight is 386 g/mol. The smallest absolute Gasteiger partial charge is 0.277 e. The minimum atomic E-state index is 0.190. The van der Waals surface area contributed by atoms with E-state index in [2.05, 4.69) is 30.1 Å². The highest BCUT2D eigenvalue weighted by atomic mass is 32.2. The van der Waals surface area contributed by atoms with Crippen LogP contribution in [-0.2, 0) is 4.79 Å². The monoisotopic (exact) mass is 385 g/mol. The van der Waals surface area contributed by atoms with E-state index in [-0.39, 0.29) is 5.91 Å². The molecule has 5 nitrogen and oxygen atoms in total. The number of benzene rings is 1. The Morgan fingerprint density at radius 3 is 2.63 bits per heavy atom. The van der Waals surface area contributed by atoms with Gasteiger partial charge in [-0.25, -0.2) is 0 Å². The van der Waals surface area contributed by atoms with Gasteiger partial charge in [0.25, 0.3) is 5.22 Å². The molecule has 0 spiro atoms. The van der Waals surface area contributed by atoms with Crippen LogP contribution >= 0.6 is 11.8 Å². The fourth-order valence-electron chi connectivity index (χ4n) is 4.53. The molecular weight excluding hydrogens is 358 g/mol. The summed E-state index contributed by atoms with van der Waals surface area (Å²) in [6.45, 7) is 5.94. The first kappa shape index (κ1) is 18.5. The zero-order chi connectivity index (χ0) is 18.8. The van der Waals surface area contributed by atoms with Crippen LogP contribution in [0, 0.1) is 25.7 Å². The number of aromatic nitrogens is 2. The van der Waals surface area contributed by atoms with Crippen LogP contribution in [0.15, 0.2) is 27.8 Å². The molecule has 1 aliphatic heterocycles. The molecule has 1 aromatic heterocycles. The number of piperidine rings is 1. The number of fused-ring (bicyclic) bond motifs is 1. The lowest BCUT2D eigenvalue weighted by atomic mass is 9.75. The number of thioether (sulfide) groups is 1. The number of amides is 1. The maximum Gasteiger partial charge on any atom is 0.277 e. The zero-order valence-corrected chi connectivity index (χ0v) is 16.9. The van der Waals surface area contributed by atoms with Crippen molar-refractivity contribution in [3.8, 4) is 11.5 Å². The molecule has 2 atom stereocenters. The van der Waals surface area contributed by atoms with Gasteiger partial charge in [-0.3, -0.25) is 4.79 Å². The maximum absolute atomic E-state index is 12.6. The van der Waals surface area contributed by atoms with Crippen LogP contribution in [0.5, 0.6) is 0 Å². The van der Waals surface area contributed by atoms with Gasteiger partial charge in [0.1, 0.15) is 0 Å². The fourth-order valence-corrected chi connectivity index (χ4v) is 5.19. The Balaban J connectivity index is 1.34. The van der Waals surface area contributed by atoms with Crippen molar-refractivity contribution < 1.29 is 9.21 Å². The van der Waals surface area contributed by atoms with Gasteiger partial charge >= 0.3 is 0 Å². The Morgan fingerprint density at radius 2 is 1.85 bits per heavy atom. The molecule has 6 heteroatoms. The van der Waals surface area contributed by atoms with Gasteiger partial charge in [-0.15, -0.1) is 10.2 Å². The molecule has 27 heavy (non-hydrogen) atoms. The van der Waals surface area contributed by atoms with Gasteiger partial charge in [-0.05, 0) is 50.7 Å². The number of hydrogen-bond acceptors (Lipinski definition) is 5. The normalized spacial score (nSPS) is 22.5. The number of aryl methyl sites for hydroxylation is 2. The number of likely N-dealkylation sites (tertiary alicyclic amines) is 1. The Kier molecular flexibility index (Phi) is 5.53. The van der Waals surface area contributed by atoms with E-state index in [0.717, 1.165) is 24.6 Å². The summed E-state index contributed by atoms with van der Waals surface area (Å²) in [5.41, 5.74) is 3.26. The van der Waals surface area contributed by atoms with Crippen molar-refractivity contribution in [1.82, 2.24) is 15.1 Å². The molecule has 1 aliphatic carbocycles. The van der Waals surface area contributed by atoms with E-state index in [1.165, 1.54) is 55.0 Å². The summed E-state index contributed by atoms with van der Waals surface area (Å²) in [6.07, 6.45) is 6.49. The summed E-state index contributed by atoms with van der Waals surface area (Å²) in [7, 11) is 0. The van der Waals surface area contributed by atoms with Gasteiger partial charge < -0.3 is 9.32 Å². The lowest BCUT2D eigenvalue weighted by Gasteiger charge is -2.41. The maximum atomic E-state index is 12.6. The van der Waals surface area contributed by atoms with Crippen LogP contribution in [0.4, 0.5) is 0 Å². The van der Waals surface area contributed by atoms with Crippen molar-refractivity contribution in [1.29, 1.82) is 0 Å². The third-order valence-corrected chi connectivity index (χ3v) is 6.64. The van der Waals surface area contributed by atoms with Crippen molar-refractivity contribution >= 4 is 17.7 Å². The Morgan fingerprint density at radius 1 is 1.11 bits per heavy atom. The lowest BCUT2D eigenvalue weighted by Crippen LogP contribution is -2.45. The first-order valence-corrected chi connectivity index (χ1v) is 10.9. The molecular formula is C21H27N3O2S. The van der Waals surface area contributed by atoms with Gasteiger partial charge in [0.2, 0.25) is 11.8 Å². The number of hydrogen-bond donors (Lipinski definition) is 0. The summed E-state index contributed by atoms with van der Waals surface area (Å²) < 4.78 is 5.77. The van der Waals surface area contributed by atoms with E-state index in [9.17, 15) is 4.79 Å². The molecule has 0 bridgehead atoms. The molecule has 2 aliphatic rings. The SMILES string of the molecule is Cc1cc(C)cc(-c2nnc(SCC(=O)N3CC[C@H]4CCCC[C@H]4C3)o2)c1. The molecule has 2 fully saturated rings. The third kappa shape index (κ3) is 4.37. The van der Waals surface area contributed by atoms with Crippen molar-refractivity contribution in [2.24, 2.45) is 11.8 Å². The lowest BCUT2D eigenvalue weighted by molar-refractivity contribution is -0.131. The second kappa shape index (κ2) is 8.05. The molecule has 2 aromatic rings. The van der Waals surface area contributed by atoms with E-state index < -0.39 is 0 Å². The highest BCUT2D eigenvalue weighted by molar-refractivity contribution is 7.99. The van der Waals surface area contributed by atoms with Crippen molar-refractivity contribution in [2.45, 2.75) is 51.2 Å². The van der Waals surface area contributed by atoms with Crippen LogP contribution in [0.25, 0.3) is 11.5 Å². The fraction of sp³-hybridized carbons (Fsp3) is 0.571. The first-order valence-electron chi connectivity index (χ1n) is 9.91. The van der Waals surface area contributed by atoms with Crippen LogP contribution in [-0.4, -0.2) is 39.8 Å². The molecule has 1 saturated carbocycles. The van der Waals surface area contributed by atoms with Gasteiger partial charge in [-0.1, -0.05) is 48.2 Å². The quantitative estimate of drug-likeness (QED) is 0.726. The summed E-state index contributed by atoms with van der Waals surface area (Å²) >= 11 is 1.34. The molecule has 4 rings (SSSR count). The van der Waals surface area contributed by atoms with Crippen LogP contribution in [0.3, 0.4) is 0 Å². The molecule has 1 aromatic carbocycles. The highest BCUT2D eigenvalue weighted by Crippen LogP contribution is 2.36. The topological polar surface area (TPSA) is 59.2 Å². The predicted octanol–water partition coefficient (Wildman–Crippen LogP) is 4.48. The Hall–Kier alpha value is -1.82. The minimum absolute atomic E-state index is 0.190. The minimum Gasteiger partial charge on any atom is -0.411 e.